The second-order valence-electron chi connectivity index (χ2n) is 7.57. The van der Waals surface area contributed by atoms with Crippen LogP contribution in [0, 0.1) is 6.92 Å². The number of ether oxygens (including phenoxy) is 2. The van der Waals surface area contributed by atoms with Crippen molar-refractivity contribution < 1.29 is 14.3 Å². The molecule has 1 N–H and O–H groups in total. The number of carbonyl (C=O) groups excluding carboxylic acids is 1. The first-order chi connectivity index (χ1) is 12.1. The number of anilines is 1. The summed E-state index contributed by atoms with van der Waals surface area (Å²) in [6.07, 6.45) is 11.2. The van der Waals surface area contributed by atoms with Gasteiger partial charge in [0.15, 0.2) is 0 Å². The Morgan fingerprint density at radius 2 is 1.76 bits per heavy atom. The summed E-state index contributed by atoms with van der Waals surface area (Å²) in [7, 11) is 1.66. The Morgan fingerprint density at radius 1 is 1.08 bits per heavy atom. The molecule has 0 bridgehead atoms. The van der Waals surface area contributed by atoms with Crippen LogP contribution in [0.25, 0.3) is 0 Å². The Morgan fingerprint density at radius 3 is 2.36 bits per heavy atom. The zero-order valence-electron chi connectivity index (χ0n) is 15.6. The van der Waals surface area contributed by atoms with Crippen LogP contribution >= 0.6 is 0 Å². The van der Waals surface area contributed by atoms with Crippen molar-refractivity contribution in [3.8, 4) is 5.75 Å². The standard InChI is InChI=1S/C21H31NO3/c1-16-15-17(11-12-19(16)25-18-9-5-6-10-18)22-20(23)21(24-2)13-7-3-4-8-14-21/h11-12,15,18H,3-10,13-14H2,1-2H3,(H,22,23). The van der Waals surface area contributed by atoms with Crippen molar-refractivity contribution in [3.05, 3.63) is 23.8 Å². The summed E-state index contributed by atoms with van der Waals surface area (Å²) in [6, 6.07) is 5.92. The molecule has 25 heavy (non-hydrogen) atoms. The van der Waals surface area contributed by atoms with E-state index in [4.69, 9.17) is 9.47 Å². The molecule has 0 aromatic heterocycles. The molecule has 0 atom stereocenters. The Balaban J connectivity index is 1.67. The largest absolute Gasteiger partial charge is 0.490 e. The first-order valence-electron chi connectivity index (χ1n) is 9.77. The highest BCUT2D eigenvalue weighted by Gasteiger charge is 2.38. The van der Waals surface area contributed by atoms with Crippen LogP contribution in [0.2, 0.25) is 0 Å². The van der Waals surface area contributed by atoms with Gasteiger partial charge in [-0.15, -0.1) is 0 Å². The van der Waals surface area contributed by atoms with Gasteiger partial charge in [-0.2, -0.15) is 0 Å². The first-order valence-corrected chi connectivity index (χ1v) is 9.77. The maximum Gasteiger partial charge on any atom is 0.256 e. The molecule has 2 fully saturated rings. The highest BCUT2D eigenvalue weighted by Crippen LogP contribution is 2.32. The van der Waals surface area contributed by atoms with Crippen molar-refractivity contribution in [2.75, 3.05) is 12.4 Å². The third-order valence-electron chi connectivity index (χ3n) is 5.74. The zero-order chi connectivity index (χ0) is 17.7. The van der Waals surface area contributed by atoms with E-state index in [0.717, 1.165) is 55.5 Å². The Hall–Kier alpha value is -1.55. The van der Waals surface area contributed by atoms with Gasteiger partial charge in [-0.1, -0.05) is 25.7 Å². The van der Waals surface area contributed by atoms with Crippen LogP contribution in [-0.2, 0) is 9.53 Å². The van der Waals surface area contributed by atoms with E-state index in [1.807, 2.05) is 25.1 Å². The number of rotatable bonds is 5. The van der Waals surface area contributed by atoms with Crippen molar-refractivity contribution in [2.24, 2.45) is 0 Å². The molecular formula is C21H31NO3. The molecule has 3 rings (SSSR count). The van der Waals surface area contributed by atoms with E-state index >= 15 is 0 Å². The Bertz CT molecular complexity index is 585. The fourth-order valence-corrected chi connectivity index (χ4v) is 4.11. The van der Waals surface area contributed by atoms with Crippen molar-refractivity contribution in [1.82, 2.24) is 0 Å². The SMILES string of the molecule is COC1(C(=O)Nc2ccc(OC3CCCC3)c(C)c2)CCCCCC1. The van der Waals surface area contributed by atoms with Gasteiger partial charge in [-0.3, -0.25) is 4.79 Å². The van der Waals surface area contributed by atoms with Gasteiger partial charge < -0.3 is 14.8 Å². The molecular weight excluding hydrogens is 314 g/mol. The van der Waals surface area contributed by atoms with Gasteiger partial charge in [0.1, 0.15) is 11.4 Å². The lowest BCUT2D eigenvalue weighted by Crippen LogP contribution is -2.44. The molecule has 0 unspecified atom stereocenters. The second-order valence-corrected chi connectivity index (χ2v) is 7.57. The number of carbonyl (C=O) groups is 1. The molecule has 0 radical (unpaired) electrons. The lowest BCUT2D eigenvalue weighted by Gasteiger charge is -2.30. The second kappa shape index (κ2) is 8.22. The normalized spacial score (nSPS) is 20.9. The molecule has 0 saturated heterocycles. The smallest absolute Gasteiger partial charge is 0.256 e. The molecule has 4 heteroatoms. The van der Waals surface area contributed by atoms with E-state index in [0.29, 0.717) is 6.10 Å². The minimum absolute atomic E-state index is 0.0132. The number of nitrogens with one attached hydrogen (secondary N) is 1. The van der Waals surface area contributed by atoms with Crippen LogP contribution in [0.3, 0.4) is 0 Å². The van der Waals surface area contributed by atoms with Gasteiger partial charge >= 0.3 is 0 Å². The zero-order valence-corrected chi connectivity index (χ0v) is 15.6. The maximum atomic E-state index is 12.9. The quantitative estimate of drug-likeness (QED) is 0.764. The molecule has 1 aromatic rings. The van der Waals surface area contributed by atoms with E-state index in [1.54, 1.807) is 7.11 Å². The van der Waals surface area contributed by atoms with E-state index in [1.165, 1.54) is 25.7 Å². The highest BCUT2D eigenvalue weighted by atomic mass is 16.5. The van der Waals surface area contributed by atoms with Crippen molar-refractivity contribution in [1.29, 1.82) is 0 Å². The summed E-state index contributed by atoms with van der Waals surface area (Å²) in [5, 5.41) is 3.07. The van der Waals surface area contributed by atoms with Crippen molar-refractivity contribution in [2.45, 2.75) is 82.8 Å². The number of amides is 1. The predicted octanol–water partition coefficient (Wildman–Crippen LogP) is 4.99. The van der Waals surface area contributed by atoms with E-state index in [-0.39, 0.29) is 5.91 Å². The third-order valence-corrected chi connectivity index (χ3v) is 5.74. The van der Waals surface area contributed by atoms with E-state index in [9.17, 15) is 4.79 Å². The van der Waals surface area contributed by atoms with Gasteiger partial charge in [-0.25, -0.2) is 0 Å². The van der Waals surface area contributed by atoms with Gasteiger partial charge in [0.25, 0.3) is 5.91 Å². The molecule has 2 aliphatic carbocycles. The number of hydrogen-bond donors (Lipinski definition) is 1. The van der Waals surface area contributed by atoms with Crippen LogP contribution in [-0.4, -0.2) is 24.7 Å². The van der Waals surface area contributed by atoms with Crippen molar-refractivity contribution in [3.63, 3.8) is 0 Å². The average molecular weight is 345 g/mol. The molecule has 1 amide bonds. The van der Waals surface area contributed by atoms with Crippen LogP contribution in [0.15, 0.2) is 18.2 Å². The lowest BCUT2D eigenvalue weighted by atomic mass is 9.93. The van der Waals surface area contributed by atoms with Gasteiger partial charge in [0, 0.05) is 12.8 Å². The highest BCUT2D eigenvalue weighted by molar-refractivity contribution is 5.97. The van der Waals surface area contributed by atoms with Gasteiger partial charge in [-0.05, 0) is 69.2 Å². The number of benzene rings is 1. The van der Waals surface area contributed by atoms with E-state index < -0.39 is 5.60 Å². The van der Waals surface area contributed by atoms with Crippen LogP contribution in [0.1, 0.15) is 69.8 Å². The van der Waals surface area contributed by atoms with Crippen LogP contribution in [0.5, 0.6) is 5.75 Å². The molecule has 1 aromatic carbocycles. The molecule has 2 aliphatic rings. The van der Waals surface area contributed by atoms with Gasteiger partial charge in [0.05, 0.1) is 6.10 Å². The molecule has 138 valence electrons. The van der Waals surface area contributed by atoms with Crippen molar-refractivity contribution >= 4 is 11.6 Å². The fraction of sp³-hybridized carbons (Fsp3) is 0.667. The van der Waals surface area contributed by atoms with Crippen LogP contribution in [0.4, 0.5) is 5.69 Å². The summed E-state index contributed by atoms with van der Waals surface area (Å²) in [5.74, 6) is 0.918. The Labute approximate surface area is 151 Å². The molecule has 4 nitrogen and oxygen atoms in total. The van der Waals surface area contributed by atoms with Gasteiger partial charge in [0.2, 0.25) is 0 Å². The van der Waals surface area contributed by atoms with E-state index in [2.05, 4.69) is 5.32 Å². The number of aryl methyl sites for hydroxylation is 1. The maximum absolute atomic E-state index is 12.9. The van der Waals surface area contributed by atoms with Crippen LogP contribution < -0.4 is 10.1 Å². The Kier molecular flexibility index (Phi) is 6.00. The monoisotopic (exact) mass is 345 g/mol. The minimum atomic E-state index is -0.677. The molecule has 0 heterocycles. The summed E-state index contributed by atoms with van der Waals surface area (Å²) in [6.45, 7) is 2.04. The predicted molar refractivity (Wildman–Crippen MR) is 100 cm³/mol. The molecule has 0 aliphatic heterocycles. The number of methoxy groups -OCH3 is 1. The minimum Gasteiger partial charge on any atom is -0.490 e. The third kappa shape index (κ3) is 4.35. The summed E-state index contributed by atoms with van der Waals surface area (Å²) >= 11 is 0. The summed E-state index contributed by atoms with van der Waals surface area (Å²) < 4.78 is 11.8. The first kappa shape index (κ1) is 18.2. The fourth-order valence-electron chi connectivity index (χ4n) is 4.11. The molecule has 0 spiro atoms. The topological polar surface area (TPSA) is 47.6 Å². The number of hydrogen-bond acceptors (Lipinski definition) is 3. The summed E-state index contributed by atoms with van der Waals surface area (Å²) in [4.78, 5) is 12.9. The molecule has 2 saturated carbocycles. The lowest BCUT2D eigenvalue weighted by molar-refractivity contribution is -0.139. The summed E-state index contributed by atoms with van der Waals surface area (Å²) in [5.41, 5.74) is 1.21. The average Bonchev–Trinajstić information content (AvgIpc) is 2.99.